The van der Waals surface area contributed by atoms with Gasteiger partial charge in [0.05, 0.1) is 23.5 Å². The number of rotatable bonds is 2. The molecule has 0 atom stereocenters. The van der Waals surface area contributed by atoms with Crippen LogP contribution in [0.3, 0.4) is 0 Å². The molecule has 3 nitrogen and oxygen atoms in total. The molecule has 0 aromatic carbocycles. The van der Waals surface area contributed by atoms with E-state index in [4.69, 9.17) is 11.6 Å². The van der Waals surface area contributed by atoms with Crippen LogP contribution >= 0.6 is 11.6 Å². The maximum absolute atomic E-state index is 5.60. The van der Waals surface area contributed by atoms with Crippen molar-refractivity contribution < 1.29 is 0 Å². The normalized spacial score (nSPS) is 10.4. The van der Waals surface area contributed by atoms with Crippen molar-refractivity contribution in [2.45, 2.75) is 5.88 Å². The molecule has 0 aliphatic carbocycles. The van der Waals surface area contributed by atoms with Crippen LogP contribution in [0.1, 0.15) is 5.82 Å². The summed E-state index contributed by atoms with van der Waals surface area (Å²) in [6, 6.07) is 3.92. The highest BCUT2D eigenvalue weighted by Crippen LogP contribution is 2.14. The van der Waals surface area contributed by atoms with Crippen molar-refractivity contribution in [3.63, 3.8) is 0 Å². The molecule has 0 amide bonds. The Hall–Kier alpha value is -1.22. The number of nitrogens with zero attached hydrogens (tertiary/aromatic N) is 1. The van der Waals surface area contributed by atoms with Crippen molar-refractivity contribution >= 4 is 11.6 Å². The fraction of sp³-hybridized carbons (Fsp3) is 0.125. The Bertz CT molecular complexity index is 350. The van der Waals surface area contributed by atoms with E-state index in [-0.39, 0.29) is 0 Å². The summed E-state index contributed by atoms with van der Waals surface area (Å²) in [7, 11) is 0. The van der Waals surface area contributed by atoms with E-state index in [1.54, 1.807) is 6.20 Å². The molecule has 12 heavy (non-hydrogen) atoms. The van der Waals surface area contributed by atoms with E-state index in [2.05, 4.69) is 15.0 Å². The van der Waals surface area contributed by atoms with Crippen molar-refractivity contribution in [1.82, 2.24) is 15.0 Å². The molecule has 0 fully saturated rings. The van der Waals surface area contributed by atoms with Crippen LogP contribution in [0.2, 0.25) is 0 Å². The Morgan fingerprint density at radius 3 is 2.92 bits per heavy atom. The molecule has 0 aliphatic rings. The number of hydrogen-bond donors (Lipinski definition) is 2. The molecular weight excluding hydrogens is 174 g/mol. The SMILES string of the molecule is ClCc1ncc(-c2ccc[nH]2)[nH]1. The summed E-state index contributed by atoms with van der Waals surface area (Å²) in [5.74, 6) is 1.21. The van der Waals surface area contributed by atoms with E-state index in [0.29, 0.717) is 5.88 Å². The first-order valence-corrected chi connectivity index (χ1v) is 4.17. The molecule has 0 unspecified atom stereocenters. The highest BCUT2D eigenvalue weighted by Gasteiger charge is 2.01. The second kappa shape index (κ2) is 3.03. The minimum absolute atomic E-state index is 0.417. The van der Waals surface area contributed by atoms with Gasteiger partial charge < -0.3 is 9.97 Å². The zero-order chi connectivity index (χ0) is 8.39. The summed E-state index contributed by atoms with van der Waals surface area (Å²) in [6.45, 7) is 0. The summed E-state index contributed by atoms with van der Waals surface area (Å²) in [4.78, 5) is 10.3. The van der Waals surface area contributed by atoms with E-state index in [1.165, 1.54) is 0 Å². The van der Waals surface area contributed by atoms with E-state index < -0.39 is 0 Å². The van der Waals surface area contributed by atoms with Gasteiger partial charge in [0.1, 0.15) is 5.82 Å². The number of H-pyrrole nitrogens is 2. The molecule has 0 spiro atoms. The van der Waals surface area contributed by atoms with E-state index in [1.807, 2.05) is 18.3 Å². The van der Waals surface area contributed by atoms with Crippen LogP contribution in [0.25, 0.3) is 11.4 Å². The minimum atomic E-state index is 0.417. The molecule has 0 aliphatic heterocycles. The van der Waals surface area contributed by atoms with Gasteiger partial charge in [0, 0.05) is 6.20 Å². The van der Waals surface area contributed by atoms with Gasteiger partial charge in [-0.1, -0.05) is 0 Å². The molecule has 0 radical (unpaired) electrons. The lowest BCUT2D eigenvalue weighted by Crippen LogP contribution is -1.80. The van der Waals surface area contributed by atoms with Gasteiger partial charge in [-0.05, 0) is 12.1 Å². The Kier molecular flexibility index (Phi) is 1.87. The number of aromatic nitrogens is 3. The molecule has 0 saturated carbocycles. The number of nitrogens with one attached hydrogen (secondary N) is 2. The fourth-order valence-electron chi connectivity index (χ4n) is 1.07. The average Bonchev–Trinajstić information content (AvgIpc) is 2.75. The third-order valence-corrected chi connectivity index (χ3v) is 1.90. The topological polar surface area (TPSA) is 44.5 Å². The first kappa shape index (κ1) is 7.43. The average molecular weight is 182 g/mol. The molecule has 2 aromatic heterocycles. The lowest BCUT2D eigenvalue weighted by molar-refractivity contribution is 1.11. The van der Waals surface area contributed by atoms with E-state index in [9.17, 15) is 0 Å². The van der Waals surface area contributed by atoms with Crippen LogP contribution < -0.4 is 0 Å². The lowest BCUT2D eigenvalue weighted by Gasteiger charge is -1.89. The second-order valence-electron chi connectivity index (χ2n) is 2.46. The molecule has 62 valence electrons. The van der Waals surface area contributed by atoms with Crippen LogP contribution in [0.15, 0.2) is 24.5 Å². The smallest absolute Gasteiger partial charge is 0.121 e. The van der Waals surface area contributed by atoms with E-state index >= 15 is 0 Å². The van der Waals surface area contributed by atoms with Crippen LogP contribution in [0.4, 0.5) is 0 Å². The molecule has 0 bridgehead atoms. The largest absolute Gasteiger partial charge is 0.360 e. The van der Waals surface area contributed by atoms with Gasteiger partial charge in [-0.3, -0.25) is 0 Å². The monoisotopic (exact) mass is 181 g/mol. The molecule has 4 heteroatoms. The number of imidazole rings is 1. The van der Waals surface area contributed by atoms with Crippen LogP contribution in [0, 0.1) is 0 Å². The third-order valence-electron chi connectivity index (χ3n) is 1.64. The summed E-state index contributed by atoms with van der Waals surface area (Å²) in [6.07, 6.45) is 3.64. The fourth-order valence-corrected chi connectivity index (χ4v) is 1.20. The number of alkyl halides is 1. The van der Waals surface area contributed by atoms with Gasteiger partial charge in [0.15, 0.2) is 0 Å². The Morgan fingerprint density at radius 2 is 2.33 bits per heavy atom. The standard InChI is InChI=1S/C8H8ClN3/c9-4-8-11-5-7(12-8)6-2-1-3-10-6/h1-3,5,10H,4H2,(H,11,12). The van der Waals surface area contributed by atoms with Crippen molar-refractivity contribution in [1.29, 1.82) is 0 Å². The van der Waals surface area contributed by atoms with Gasteiger partial charge in [-0.2, -0.15) is 0 Å². The highest BCUT2D eigenvalue weighted by atomic mass is 35.5. The molecule has 2 rings (SSSR count). The van der Waals surface area contributed by atoms with Crippen molar-refractivity contribution in [2.75, 3.05) is 0 Å². The second-order valence-corrected chi connectivity index (χ2v) is 2.73. The van der Waals surface area contributed by atoms with Gasteiger partial charge in [0.25, 0.3) is 0 Å². The van der Waals surface area contributed by atoms with Crippen molar-refractivity contribution in [3.05, 3.63) is 30.4 Å². The van der Waals surface area contributed by atoms with Crippen LogP contribution in [-0.2, 0) is 5.88 Å². The molecule has 2 heterocycles. The highest BCUT2D eigenvalue weighted by molar-refractivity contribution is 6.16. The van der Waals surface area contributed by atoms with Crippen molar-refractivity contribution in [3.8, 4) is 11.4 Å². The zero-order valence-corrected chi connectivity index (χ0v) is 7.10. The number of aromatic amines is 2. The zero-order valence-electron chi connectivity index (χ0n) is 6.34. The van der Waals surface area contributed by atoms with Crippen molar-refractivity contribution in [2.24, 2.45) is 0 Å². The number of hydrogen-bond acceptors (Lipinski definition) is 1. The Morgan fingerprint density at radius 1 is 1.42 bits per heavy atom. The van der Waals surface area contributed by atoms with Gasteiger partial charge in [0.2, 0.25) is 0 Å². The quantitative estimate of drug-likeness (QED) is 0.686. The summed E-state index contributed by atoms with van der Waals surface area (Å²) in [5.41, 5.74) is 1.99. The van der Waals surface area contributed by atoms with Gasteiger partial charge in [-0.25, -0.2) is 4.98 Å². The Labute approximate surface area is 74.8 Å². The Balaban J connectivity index is 2.35. The molecule has 2 N–H and O–H groups in total. The van der Waals surface area contributed by atoms with E-state index in [0.717, 1.165) is 17.2 Å². The maximum Gasteiger partial charge on any atom is 0.121 e. The molecule has 0 saturated heterocycles. The van der Waals surface area contributed by atoms with Gasteiger partial charge in [-0.15, -0.1) is 11.6 Å². The molecule has 2 aromatic rings. The predicted molar refractivity (Wildman–Crippen MR) is 47.9 cm³/mol. The lowest BCUT2D eigenvalue weighted by atomic mass is 10.3. The summed E-state index contributed by atoms with van der Waals surface area (Å²) in [5, 5.41) is 0. The third kappa shape index (κ3) is 1.23. The first-order valence-electron chi connectivity index (χ1n) is 3.64. The first-order chi connectivity index (χ1) is 5.90. The van der Waals surface area contributed by atoms with Crippen LogP contribution in [-0.4, -0.2) is 15.0 Å². The summed E-state index contributed by atoms with van der Waals surface area (Å²) >= 11 is 5.60. The summed E-state index contributed by atoms with van der Waals surface area (Å²) < 4.78 is 0. The molecular formula is C8H8ClN3. The maximum atomic E-state index is 5.60. The minimum Gasteiger partial charge on any atom is -0.360 e. The van der Waals surface area contributed by atoms with Gasteiger partial charge >= 0.3 is 0 Å². The number of halogens is 1. The predicted octanol–water partition coefficient (Wildman–Crippen LogP) is 2.14. The van der Waals surface area contributed by atoms with Crippen LogP contribution in [0.5, 0.6) is 0 Å².